The molecule has 0 heterocycles. The molecule has 1 atom stereocenters. The van der Waals surface area contributed by atoms with E-state index in [4.69, 9.17) is 4.74 Å². The van der Waals surface area contributed by atoms with E-state index in [0.29, 0.717) is 31.7 Å². The van der Waals surface area contributed by atoms with Crippen LogP contribution in [0.15, 0.2) is 84.9 Å². The molecule has 1 N–H and O–H groups in total. The highest BCUT2D eigenvalue weighted by atomic mass is 32.2. The maximum Gasteiger partial charge on any atom is 0.243 e. The number of thioether (sulfide) groups is 1. The number of hydrogen-bond acceptors (Lipinski definition) is 4. The maximum absolute atomic E-state index is 13.7. The van der Waals surface area contributed by atoms with Crippen molar-refractivity contribution >= 4 is 23.6 Å². The molecule has 0 saturated carbocycles. The first-order chi connectivity index (χ1) is 18.1. The molecule has 196 valence electrons. The van der Waals surface area contributed by atoms with Crippen LogP contribution in [0.2, 0.25) is 0 Å². The minimum Gasteiger partial charge on any atom is -0.497 e. The number of nitrogens with one attached hydrogen (secondary N) is 1. The van der Waals surface area contributed by atoms with Gasteiger partial charge in [-0.25, -0.2) is 0 Å². The fourth-order valence-electron chi connectivity index (χ4n) is 4.09. The number of methoxy groups -OCH3 is 1. The number of carbonyl (C=O) groups excluding carboxylic acids is 2. The van der Waals surface area contributed by atoms with Gasteiger partial charge in [0.1, 0.15) is 11.8 Å². The number of ether oxygens (including phenoxy) is 1. The van der Waals surface area contributed by atoms with Crippen molar-refractivity contribution in [3.8, 4) is 5.75 Å². The Balaban J connectivity index is 1.80. The smallest absolute Gasteiger partial charge is 0.243 e. The molecule has 3 aromatic carbocycles. The highest BCUT2D eigenvalue weighted by molar-refractivity contribution is 7.98. The zero-order chi connectivity index (χ0) is 26.3. The number of rotatable bonds is 15. The molecule has 0 aliphatic rings. The van der Waals surface area contributed by atoms with Crippen LogP contribution in [-0.2, 0) is 28.3 Å². The predicted octanol–water partition coefficient (Wildman–Crippen LogP) is 5.87. The summed E-state index contributed by atoms with van der Waals surface area (Å²) in [4.78, 5) is 28.9. The second-order valence-electron chi connectivity index (χ2n) is 9.01. The van der Waals surface area contributed by atoms with Gasteiger partial charge in [-0.3, -0.25) is 9.59 Å². The molecule has 0 spiro atoms. The average Bonchev–Trinajstić information content (AvgIpc) is 2.94. The summed E-state index contributed by atoms with van der Waals surface area (Å²) in [7, 11) is 1.63. The minimum atomic E-state index is -0.600. The summed E-state index contributed by atoms with van der Waals surface area (Å²) < 4.78 is 5.40. The van der Waals surface area contributed by atoms with E-state index in [-0.39, 0.29) is 11.8 Å². The van der Waals surface area contributed by atoms with E-state index in [9.17, 15) is 9.59 Å². The van der Waals surface area contributed by atoms with Gasteiger partial charge in [-0.05, 0) is 35.2 Å². The molecular formula is C31H38N2O3S. The largest absolute Gasteiger partial charge is 0.497 e. The Labute approximate surface area is 225 Å². The molecule has 0 fully saturated rings. The molecule has 3 rings (SSSR count). The van der Waals surface area contributed by atoms with Crippen LogP contribution >= 0.6 is 11.8 Å². The molecule has 0 aromatic heterocycles. The molecule has 0 saturated heterocycles. The lowest BCUT2D eigenvalue weighted by molar-refractivity contribution is -0.141. The van der Waals surface area contributed by atoms with Crippen LogP contribution in [0.5, 0.6) is 5.75 Å². The summed E-state index contributed by atoms with van der Waals surface area (Å²) in [6.45, 7) is 3.05. The lowest BCUT2D eigenvalue weighted by atomic mass is 10.0. The molecule has 0 aliphatic heterocycles. The van der Waals surface area contributed by atoms with Gasteiger partial charge in [0.2, 0.25) is 11.8 Å². The molecule has 2 amide bonds. The van der Waals surface area contributed by atoms with Crippen molar-refractivity contribution in [2.24, 2.45) is 0 Å². The Morgan fingerprint density at radius 1 is 0.919 bits per heavy atom. The number of hydrogen-bond donors (Lipinski definition) is 1. The second kappa shape index (κ2) is 15.8. The molecule has 0 aliphatic carbocycles. The number of amides is 2. The van der Waals surface area contributed by atoms with E-state index in [1.807, 2.05) is 72.8 Å². The quantitative estimate of drug-likeness (QED) is 0.256. The summed E-state index contributed by atoms with van der Waals surface area (Å²) in [6, 6.07) is 27.3. The zero-order valence-electron chi connectivity index (χ0n) is 21.9. The van der Waals surface area contributed by atoms with Crippen LogP contribution in [-0.4, -0.2) is 42.2 Å². The van der Waals surface area contributed by atoms with Gasteiger partial charge in [0.25, 0.3) is 0 Å². The van der Waals surface area contributed by atoms with Crippen LogP contribution < -0.4 is 10.1 Å². The van der Waals surface area contributed by atoms with Crippen molar-refractivity contribution in [1.82, 2.24) is 10.2 Å². The van der Waals surface area contributed by atoms with E-state index in [2.05, 4.69) is 24.4 Å². The monoisotopic (exact) mass is 518 g/mol. The summed E-state index contributed by atoms with van der Waals surface area (Å²) >= 11 is 1.74. The molecule has 6 heteroatoms. The van der Waals surface area contributed by atoms with Gasteiger partial charge < -0.3 is 15.0 Å². The van der Waals surface area contributed by atoms with E-state index in [0.717, 1.165) is 35.5 Å². The first-order valence-corrected chi connectivity index (χ1v) is 14.1. The third kappa shape index (κ3) is 9.62. The first kappa shape index (κ1) is 28.3. The highest BCUT2D eigenvalue weighted by Crippen LogP contribution is 2.20. The van der Waals surface area contributed by atoms with E-state index in [1.54, 1.807) is 23.8 Å². The van der Waals surface area contributed by atoms with Gasteiger partial charge in [0.15, 0.2) is 0 Å². The SMILES string of the molecule is CCCCNC(=O)[C@H](Cc1ccccc1)N(Cc1cccc(OC)c1)C(=O)CCSCc1ccccc1. The van der Waals surface area contributed by atoms with Gasteiger partial charge in [-0.1, -0.05) is 86.1 Å². The lowest BCUT2D eigenvalue weighted by Crippen LogP contribution is -2.50. The van der Waals surface area contributed by atoms with E-state index in [1.165, 1.54) is 5.56 Å². The van der Waals surface area contributed by atoms with Crippen LogP contribution in [0, 0.1) is 0 Å². The van der Waals surface area contributed by atoms with Crippen LogP contribution in [0.1, 0.15) is 42.9 Å². The summed E-state index contributed by atoms with van der Waals surface area (Å²) in [6.07, 6.45) is 2.74. The number of unbranched alkanes of at least 4 members (excludes halogenated alkanes) is 1. The Bertz CT molecular complexity index is 1090. The van der Waals surface area contributed by atoms with Crippen molar-refractivity contribution in [3.63, 3.8) is 0 Å². The van der Waals surface area contributed by atoms with Crippen LogP contribution in [0.4, 0.5) is 0 Å². The van der Waals surface area contributed by atoms with Crippen LogP contribution in [0.3, 0.4) is 0 Å². The zero-order valence-corrected chi connectivity index (χ0v) is 22.7. The molecular weight excluding hydrogens is 480 g/mol. The van der Waals surface area contributed by atoms with Gasteiger partial charge in [-0.2, -0.15) is 11.8 Å². The Morgan fingerprint density at radius 2 is 1.59 bits per heavy atom. The summed E-state index contributed by atoms with van der Waals surface area (Å²) in [5.74, 6) is 2.16. The standard InChI is InChI=1S/C31H38N2O3S/c1-3-4-19-32-31(35)29(22-25-12-7-5-8-13-25)33(23-27-16-11-17-28(21-27)36-2)30(34)18-20-37-24-26-14-9-6-10-15-26/h5-17,21,29H,3-4,18-20,22-24H2,1-2H3,(H,32,35)/t29-/m0/s1. The second-order valence-corrected chi connectivity index (χ2v) is 10.1. The van der Waals surface area contributed by atoms with Crippen molar-refractivity contribution in [1.29, 1.82) is 0 Å². The third-order valence-electron chi connectivity index (χ3n) is 6.16. The normalized spacial score (nSPS) is 11.5. The van der Waals surface area contributed by atoms with Gasteiger partial charge in [-0.15, -0.1) is 0 Å². The molecule has 0 radical (unpaired) electrons. The Kier molecular flexibility index (Phi) is 12.1. The third-order valence-corrected chi connectivity index (χ3v) is 7.19. The predicted molar refractivity (Wildman–Crippen MR) is 153 cm³/mol. The Morgan fingerprint density at radius 3 is 2.27 bits per heavy atom. The van der Waals surface area contributed by atoms with Crippen LogP contribution in [0.25, 0.3) is 0 Å². The maximum atomic E-state index is 13.7. The minimum absolute atomic E-state index is 0.0186. The number of nitrogens with zero attached hydrogens (tertiary/aromatic N) is 1. The summed E-state index contributed by atoms with van der Waals surface area (Å²) in [5.41, 5.74) is 3.20. The molecule has 0 bridgehead atoms. The van der Waals surface area contributed by atoms with Crippen molar-refractivity contribution in [2.45, 2.75) is 50.9 Å². The van der Waals surface area contributed by atoms with Crippen molar-refractivity contribution < 1.29 is 14.3 Å². The average molecular weight is 519 g/mol. The van der Waals surface area contributed by atoms with Crippen molar-refractivity contribution in [2.75, 3.05) is 19.4 Å². The van der Waals surface area contributed by atoms with Crippen molar-refractivity contribution in [3.05, 3.63) is 102 Å². The number of benzene rings is 3. The van der Waals surface area contributed by atoms with Gasteiger partial charge in [0, 0.05) is 37.4 Å². The highest BCUT2D eigenvalue weighted by Gasteiger charge is 2.30. The first-order valence-electron chi connectivity index (χ1n) is 13.0. The van der Waals surface area contributed by atoms with E-state index >= 15 is 0 Å². The summed E-state index contributed by atoms with van der Waals surface area (Å²) in [5, 5.41) is 3.07. The fraction of sp³-hybridized carbons (Fsp3) is 0.355. The van der Waals surface area contributed by atoms with Gasteiger partial charge in [0.05, 0.1) is 7.11 Å². The molecule has 3 aromatic rings. The lowest BCUT2D eigenvalue weighted by Gasteiger charge is -2.31. The topological polar surface area (TPSA) is 58.6 Å². The Hall–Kier alpha value is -3.25. The fourth-order valence-corrected chi connectivity index (χ4v) is 4.99. The van der Waals surface area contributed by atoms with E-state index < -0.39 is 6.04 Å². The van der Waals surface area contributed by atoms with Gasteiger partial charge >= 0.3 is 0 Å². The molecule has 0 unspecified atom stereocenters. The molecule has 5 nitrogen and oxygen atoms in total. The number of carbonyl (C=O) groups is 2. The molecule has 37 heavy (non-hydrogen) atoms.